The van der Waals surface area contributed by atoms with Crippen molar-refractivity contribution >= 4 is 44.2 Å². The number of H-pyrrole nitrogens is 1. The Labute approximate surface area is 176 Å². The molecule has 0 aliphatic rings. The molecular weight excluding hydrogens is 396 g/mol. The van der Waals surface area contributed by atoms with Crippen LogP contribution < -0.4 is 11.1 Å². The summed E-state index contributed by atoms with van der Waals surface area (Å²) in [5.74, 6) is 0.324. The Morgan fingerprint density at radius 2 is 1.97 bits per heavy atom. The monoisotopic (exact) mass is 414 g/mol. The van der Waals surface area contributed by atoms with Gasteiger partial charge >= 0.3 is 0 Å². The molecule has 0 aliphatic heterocycles. The van der Waals surface area contributed by atoms with Crippen LogP contribution in [0.15, 0.2) is 60.8 Å². The van der Waals surface area contributed by atoms with Crippen molar-refractivity contribution in [2.24, 2.45) is 0 Å². The van der Waals surface area contributed by atoms with E-state index in [9.17, 15) is 4.79 Å². The van der Waals surface area contributed by atoms with E-state index in [1.165, 1.54) is 0 Å². The Morgan fingerprint density at radius 1 is 1.10 bits per heavy atom. The molecule has 3 aromatic heterocycles. The van der Waals surface area contributed by atoms with E-state index in [2.05, 4.69) is 25.5 Å². The van der Waals surface area contributed by atoms with Crippen LogP contribution in [0.1, 0.15) is 15.4 Å². The van der Waals surface area contributed by atoms with Crippen molar-refractivity contribution in [2.45, 2.75) is 6.42 Å². The molecule has 5 rings (SSSR count). The average molecular weight is 414 g/mol. The first kappa shape index (κ1) is 18.3. The standard InChI is InChI=1S/C22H18N6OS/c23-21-19-20(15-7-6-14(12-17(15)26-21)16-8-11-25-28-16)30-18(27-19)9-10-24-22(29)13-4-2-1-3-5-13/h1-8,11-12H,9-10H2,(H2,23,26)(H,24,29)(H,25,28). The number of hydrogen-bond acceptors (Lipinski definition) is 6. The van der Waals surface area contributed by atoms with Crippen molar-refractivity contribution in [1.82, 2.24) is 25.5 Å². The third kappa shape index (κ3) is 3.37. The third-order valence-electron chi connectivity index (χ3n) is 4.87. The zero-order valence-electron chi connectivity index (χ0n) is 15.9. The fourth-order valence-electron chi connectivity index (χ4n) is 3.39. The van der Waals surface area contributed by atoms with Gasteiger partial charge in [0, 0.05) is 35.7 Å². The van der Waals surface area contributed by atoms with Gasteiger partial charge in [-0.2, -0.15) is 5.10 Å². The fraction of sp³-hybridized carbons (Fsp3) is 0.0909. The molecule has 0 bridgehead atoms. The van der Waals surface area contributed by atoms with Crippen molar-refractivity contribution in [3.8, 4) is 11.3 Å². The number of anilines is 1. The second-order valence-corrected chi connectivity index (χ2v) is 7.94. The number of carbonyl (C=O) groups is 1. The lowest BCUT2D eigenvalue weighted by Crippen LogP contribution is -2.25. The average Bonchev–Trinajstić information content (AvgIpc) is 3.45. The molecule has 5 aromatic rings. The summed E-state index contributed by atoms with van der Waals surface area (Å²) >= 11 is 1.59. The lowest BCUT2D eigenvalue weighted by molar-refractivity contribution is 0.0954. The Bertz CT molecular complexity index is 1340. The number of rotatable bonds is 5. The second-order valence-electron chi connectivity index (χ2n) is 6.86. The number of thiazole rings is 1. The Balaban J connectivity index is 1.40. The molecule has 7 nitrogen and oxygen atoms in total. The summed E-state index contributed by atoms with van der Waals surface area (Å²) in [5.41, 5.74) is 10.3. The van der Waals surface area contributed by atoms with Crippen LogP contribution in [0.4, 0.5) is 5.82 Å². The number of fused-ring (bicyclic) bond motifs is 3. The number of benzene rings is 2. The molecular formula is C22H18N6OS. The number of nitrogens with zero attached hydrogens (tertiary/aromatic N) is 3. The maximum atomic E-state index is 12.2. The molecule has 0 saturated heterocycles. The first-order valence-electron chi connectivity index (χ1n) is 9.51. The van der Waals surface area contributed by atoms with Crippen molar-refractivity contribution in [1.29, 1.82) is 0 Å². The highest BCUT2D eigenvalue weighted by Crippen LogP contribution is 2.34. The number of amides is 1. The van der Waals surface area contributed by atoms with Gasteiger partial charge in [-0.1, -0.05) is 30.3 Å². The molecule has 148 valence electrons. The summed E-state index contributed by atoms with van der Waals surface area (Å²) < 4.78 is 1.01. The smallest absolute Gasteiger partial charge is 0.251 e. The number of aromatic amines is 1. The topological polar surface area (TPSA) is 110 Å². The summed E-state index contributed by atoms with van der Waals surface area (Å²) in [6.45, 7) is 0.503. The number of pyridine rings is 1. The van der Waals surface area contributed by atoms with Gasteiger partial charge in [-0.3, -0.25) is 9.89 Å². The van der Waals surface area contributed by atoms with Gasteiger partial charge in [-0.05, 0) is 24.3 Å². The van der Waals surface area contributed by atoms with Crippen LogP contribution in [-0.4, -0.2) is 32.6 Å². The predicted molar refractivity (Wildman–Crippen MR) is 119 cm³/mol. The fourth-order valence-corrected chi connectivity index (χ4v) is 4.49. The second kappa shape index (κ2) is 7.57. The quantitative estimate of drug-likeness (QED) is 0.405. The molecule has 30 heavy (non-hydrogen) atoms. The Morgan fingerprint density at radius 3 is 2.77 bits per heavy atom. The molecule has 2 aromatic carbocycles. The SMILES string of the molecule is Nc1nc2cc(-c3ccn[nH]3)ccc2c2sc(CCNC(=O)c3ccccc3)nc12. The van der Waals surface area contributed by atoms with Crippen LogP contribution in [-0.2, 0) is 6.42 Å². The van der Waals surface area contributed by atoms with E-state index in [1.54, 1.807) is 29.7 Å². The summed E-state index contributed by atoms with van der Waals surface area (Å²) in [6, 6.07) is 17.2. The molecule has 1 amide bonds. The maximum absolute atomic E-state index is 12.2. The summed E-state index contributed by atoms with van der Waals surface area (Å²) in [4.78, 5) is 21.4. The zero-order valence-corrected chi connectivity index (χ0v) is 16.7. The predicted octanol–water partition coefficient (Wildman–Crippen LogP) is 3.79. The zero-order chi connectivity index (χ0) is 20.5. The van der Waals surface area contributed by atoms with Crippen LogP contribution in [0.3, 0.4) is 0 Å². The van der Waals surface area contributed by atoms with E-state index < -0.39 is 0 Å². The van der Waals surface area contributed by atoms with E-state index in [-0.39, 0.29) is 5.91 Å². The van der Waals surface area contributed by atoms with Gasteiger partial charge in [0.05, 0.1) is 20.9 Å². The number of nitrogen functional groups attached to an aromatic ring is 1. The van der Waals surface area contributed by atoms with E-state index in [0.717, 1.165) is 31.9 Å². The minimum atomic E-state index is -0.0883. The minimum absolute atomic E-state index is 0.0883. The van der Waals surface area contributed by atoms with Crippen LogP contribution >= 0.6 is 11.3 Å². The number of carbonyl (C=O) groups excluding carboxylic acids is 1. The summed E-state index contributed by atoms with van der Waals surface area (Å²) in [5, 5.41) is 11.8. The molecule has 8 heteroatoms. The van der Waals surface area contributed by atoms with Crippen LogP contribution in [0, 0.1) is 0 Å². The van der Waals surface area contributed by atoms with Crippen LogP contribution in [0.5, 0.6) is 0 Å². The van der Waals surface area contributed by atoms with Crippen molar-refractivity contribution < 1.29 is 4.79 Å². The number of nitrogens with two attached hydrogens (primary N) is 1. The van der Waals surface area contributed by atoms with Crippen LogP contribution in [0.2, 0.25) is 0 Å². The number of hydrogen-bond donors (Lipinski definition) is 3. The third-order valence-corrected chi connectivity index (χ3v) is 6.02. The maximum Gasteiger partial charge on any atom is 0.251 e. The number of nitrogens with one attached hydrogen (secondary N) is 2. The molecule has 4 N–H and O–H groups in total. The lowest BCUT2D eigenvalue weighted by Gasteiger charge is -2.03. The van der Waals surface area contributed by atoms with E-state index in [1.807, 2.05) is 42.5 Å². The van der Waals surface area contributed by atoms with Gasteiger partial charge in [0.2, 0.25) is 0 Å². The van der Waals surface area contributed by atoms with Crippen LogP contribution in [0.25, 0.3) is 32.4 Å². The molecule has 0 unspecified atom stereocenters. The van der Waals surface area contributed by atoms with Gasteiger partial charge in [-0.25, -0.2) is 9.97 Å². The molecule has 0 fully saturated rings. The van der Waals surface area contributed by atoms with E-state index in [0.29, 0.717) is 29.9 Å². The Kier molecular flexibility index (Phi) is 4.61. The summed E-state index contributed by atoms with van der Waals surface area (Å²) in [7, 11) is 0. The van der Waals surface area contributed by atoms with Gasteiger partial charge in [0.25, 0.3) is 5.91 Å². The van der Waals surface area contributed by atoms with Gasteiger partial charge in [-0.15, -0.1) is 11.3 Å². The van der Waals surface area contributed by atoms with Crippen molar-refractivity contribution in [2.75, 3.05) is 12.3 Å². The van der Waals surface area contributed by atoms with E-state index >= 15 is 0 Å². The molecule has 0 radical (unpaired) electrons. The van der Waals surface area contributed by atoms with E-state index in [4.69, 9.17) is 5.73 Å². The van der Waals surface area contributed by atoms with Gasteiger partial charge in [0.1, 0.15) is 5.52 Å². The van der Waals surface area contributed by atoms with Crippen molar-refractivity contribution in [3.63, 3.8) is 0 Å². The van der Waals surface area contributed by atoms with Gasteiger partial charge in [0.15, 0.2) is 5.82 Å². The van der Waals surface area contributed by atoms with Gasteiger partial charge < -0.3 is 11.1 Å². The molecule has 0 spiro atoms. The molecule has 0 aliphatic carbocycles. The molecule has 3 heterocycles. The normalized spacial score (nSPS) is 11.2. The number of aromatic nitrogens is 4. The highest BCUT2D eigenvalue weighted by Gasteiger charge is 2.14. The highest BCUT2D eigenvalue weighted by molar-refractivity contribution is 7.19. The lowest BCUT2D eigenvalue weighted by atomic mass is 10.1. The molecule has 0 saturated carbocycles. The first-order valence-corrected chi connectivity index (χ1v) is 10.3. The minimum Gasteiger partial charge on any atom is -0.382 e. The summed E-state index contributed by atoms with van der Waals surface area (Å²) in [6.07, 6.45) is 2.35. The Hall–Kier alpha value is -3.78. The molecule has 0 atom stereocenters. The first-order chi connectivity index (χ1) is 14.7. The highest BCUT2D eigenvalue weighted by atomic mass is 32.1. The largest absolute Gasteiger partial charge is 0.382 e. The van der Waals surface area contributed by atoms with Crippen molar-refractivity contribution in [3.05, 3.63) is 71.4 Å².